The molecular weight excluding hydrogens is 418 g/mol. The summed E-state index contributed by atoms with van der Waals surface area (Å²) in [5.41, 5.74) is 1.14. The summed E-state index contributed by atoms with van der Waals surface area (Å²) in [6, 6.07) is 8.69. The van der Waals surface area contributed by atoms with Crippen LogP contribution in [0.2, 0.25) is 0 Å². The maximum Gasteiger partial charge on any atom is 0.262 e. The molecule has 1 aliphatic rings. The molecule has 10 heteroatoms. The van der Waals surface area contributed by atoms with Crippen LogP contribution in [-0.2, 0) is 20.9 Å². The van der Waals surface area contributed by atoms with Crippen molar-refractivity contribution in [2.45, 2.75) is 13.0 Å². The molecule has 0 saturated carbocycles. The van der Waals surface area contributed by atoms with E-state index in [0.717, 1.165) is 13.1 Å². The highest BCUT2D eigenvalue weighted by Gasteiger charge is 2.14. The number of morpholine rings is 1. The molecule has 3 aromatic rings. The van der Waals surface area contributed by atoms with E-state index >= 15 is 0 Å². The first kappa shape index (κ1) is 21.2. The van der Waals surface area contributed by atoms with E-state index < -0.39 is 0 Å². The van der Waals surface area contributed by atoms with Gasteiger partial charge in [0.25, 0.3) is 5.56 Å². The van der Waals surface area contributed by atoms with Crippen LogP contribution in [0.5, 0.6) is 0 Å². The Hall–Kier alpha value is -3.08. The quantitative estimate of drug-likeness (QED) is 0.579. The minimum Gasteiger partial charge on any atom is -0.379 e. The van der Waals surface area contributed by atoms with E-state index in [4.69, 9.17) is 4.74 Å². The molecule has 0 atom stereocenters. The summed E-state index contributed by atoms with van der Waals surface area (Å²) in [5.74, 6) is -0.290. The van der Waals surface area contributed by atoms with Gasteiger partial charge in [-0.25, -0.2) is 4.98 Å². The molecule has 4 rings (SSSR count). The summed E-state index contributed by atoms with van der Waals surface area (Å²) in [7, 11) is 0. The number of rotatable bonds is 7. The second-order valence-corrected chi connectivity index (χ2v) is 8.09. The standard InChI is InChI=1S/C21H23N5O4S/c27-18(5-7-26-14-22-20-17(21(26)29)6-12-31-20)23-15-1-3-16(4-2-15)24-19(28)13-25-8-10-30-11-9-25/h1-4,6,12,14H,5,7-11,13H2,(H,23,27)(H,24,28). The van der Waals surface area contributed by atoms with Gasteiger partial charge in [0, 0.05) is 37.4 Å². The van der Waals surface area contributed by atoms with Gasteiger partial charge < -0.3 is 15.4 Å². The Labute approximate surface area is 182 Å². The molecule has 3 heterocycles. The number of aromatic nitrogens is 2. The van der Waals surface area contributed by atoms with E-state index in [9.17, 15) is 14.4 Å². The van der Waals surface area contributed by atoms with Gasteiger partial charge in [-0.3, -0.25) is 23.9 Å². The topological polar surface area (TPSA) is 106 Å². The summed E-state index contributed by atoms with van der Waals surface area (Å²) in [6.45, 7) is 3.38. The molecule has 2 amide bonds. The van der Waals surface area contributed by atoms with E-state index in [0.29, 0.717) is 41.3 Å². The van der Waals surface area contributed by atoms with Crippen molar-refractivity contribution in [3.63, 3.8) is 0 Å². The van der Waals surface area contributed by atoms with Gasteiger partial charge >= 0.3 is 0 Å². The Balaban J connectivity index is 1.26. The molecule has 1 saturated heterocycles. The van der Waals surface area contributed by atoms with Crippen LogP contribution in [0.1, 0.15) is 6.42 Å². The lowest BCUT2D eigenvalue weighted by Crippen LogP contribution is -2.41. The van der Waals surface area contributed by atoms with Gasteiger partial charge in [0.05, 0.1) is 31.5 Å². The minimum absolute atomic E-state index is 0.0830. The summed E-state index contributed by atoms with van der Waals surface area (Å²) in [6.07, 6.45) is 1.62. The molecule has 162 valence electrons. The highest BCUT2D eigenvalue weighted by atomic mass is 32.1. The van der Waals surface area contributed by atoms with Crippen LogP contribution < -0.4 is 16.2 Å². The van der Waals surface area contributed by atoms with E-state index in [-0.39, 0.29) is 30.3 Å². The maximum atomic E-state index is 12.4. The maximum absolute atomic E-state index is 12.4. The fraction of sp³-hybridized carbons (Fsp3) is 0.333. The smallest absolute Gasteiger partial charge is 0.262 e. The molecule has 0 unspecified atom stereocenters. The third-order valence-corrected chi connectivity index (χ3v) is 5.77. The second kappa shape index (κ2) is 9.82. The summed E-state index contributed by atoms with van der Waals surface area (Å²) >= 11 is 1.41. The summed E-state index contributed by atoms with van der Waals surface area (Å²) in [5, 5.41) is 8.05. The molecule has 2 aromatic heterocycles. The molecule has 2 N–H and O–H groups in total. The summed E-state index contributed by atoms with van der Waals surface area (Å²) < 4.78 is 6.73. The highest BCUT2D eigenvalue weighted by molar-refractivity contribution is 7.16. The average Bonchev–Trinajstić information content (AvgIpc) is 3.25. The number of benzene rings is 1. The SMILES string of the molecule is O=C(CCn1cnc2sccc2c1=O)Nc1ccc(NC(=O)CN2CCOCC2)cc1. The van der Waals surface area contributed by atoms with Crippen molar-refractivity contribution in [1.29, 1.82) is 0 Å². The molecule has 0 spiro atoms. The molecule has 0 radical (unpaired) electrons. The van der Waals surface area contributed by atoms with Gasteiger partial charge in [0.2, 0.25) is 11.8 Å². The van der Waals surface area contributed by atoms with Gasteiger partial charge in [-0.2, -0.15) is 0 Å². The number of carbonyl (C=O) groups excluding carboxylic acids is 2. The number of thiophene rings is 1. The number of carbonyl (C=O) groups is 2. The van der Waals surface area contributed by atoms with Crippen LogP contribution in [-0.4, -0.2) is 59.1 Å². The zero-order valence-electron chi connectivity index (χ0n) is 16.9. The van der Waals surface area contributed by atoms with Crippen molar-refractivity contribution in [3.05, 3.63) is 52.4 Å². The number of hydrogen-bond donors (Lipinski definition) is 2. The molecule has 31 heavy (non-hydrogen) atoms. The number of nitrogens with zero attached hydrogens (tertiary/aromatic N) is 3. The first-order chi connectivity index (χ1) is 15.1. The van der Waals surface area contributed by atoms with Gasteiger partial charge in [-0.15, -0.1) is 11.3 Å². The second-order valence-electron chi connectivity index (χ2n) is 7.19. The summed E-state index contributed by atoms with van der Waals surface area (Å²) in [4.78, 5) is 43.8. The van der Waals surface area contributed by atoms with E-state index in [2.05, 4.69) is 15.6 Å². The molecule has 1 aliphatic heterocycles. The van der Waals surface area contributed by atoms with Crippen molar-refractivity contribution in [2.75, 3.05) is 43.5 Å². The number of hydrogen-bond acceptors (Lipinski definition) is 7. The van der Waals surface area contributed by atoms with Crippen molar-refractivity contribution in [1.82, 2.24) is 14.5 Å². The lowest BCUT2D eigenvalue weighted by Gasteiger charge is -2.25. The molecule has 9 nitrogen and oxygen atoms in total. The van der Waals surface area contributed by atoms with Gasteiger partial charge in [0.1, 0.15) is 4.83 Å². The Kier molecular flexibility index (Phi) is 6.70. The fourth-order valence-corrected chi connectivity index (χ4v) is 4.02. The normalized spacial score (nSPS) is 14.5. The predicted octanol–water partition coefficient (Wildman–Crippen LogP) is 1.76. The molecular formula is C21H23N5O4S. The van der Waals surface area contributed by atoms with Crippen molar-refractivity contribution >= 4 is 44.7 Å². The van der Waals surface area contributed by atoms with E-state index in [1.807, 2.05) is 10.3 Å². The number of anilines is 2. The Morgan fingerprint density at radius 1 is 1.03 bits per heavy atom. The van der Waals surface area contributed by atoms with Crippen LogP contribution in [0.4, 0.5) is 11.4 Å². The first-order valence-electron chi connectivity index (χ1n) is 10.0. The van der Waals surface area contributed by atoms with Crippen LogP contribution in [0.25, 0.3) is 10.2 Å². The van der Waals surface area contributed by atoms with Gasteiger partial charge in [-0.1, -0.05) is 0 Å². The zero-order valence-corrected chi connectivity index (χ0v) is 17.7. The number of fused-ring (bicyclic) bond motifs is 1. The molecule has 0 bridgehead atoms. The van der Waals surface area contributed by atoms with Crippen LogP contribution in [0.3, 0.4) is 0 Å². The third kappa shape index (κ3) is 5.54. The Morgan fingerprint density at radius 3 is 2.42 bits per heavy atom. The average molecular weight is 442 g/mol. The van der Waals surface area contributed by atoms with E-state index in [1.54, 1.807) is 30.3 Å². The first-order valence-corrected chi connectivity index (χ1v) is 10.9. The Bertz CT molecular complexity index is 1120. The van der Waals surface area contributed by atoms with Crippen LogP contribution in [0, 0.1) is 0 Å². The minimum atomic E-state index is -0.207. The zero-order chi connectivity index (χ0) is 21.6. The monoisotopic (exact) mass is 441 g/mol. The molecule has 1 aromatic carbocycles. The van der Waals surface area contributed by atoms with Crippen LogP contribution in [0.15, 0.2) is 46.8 Å². The number of aryl methyl sites for hydroxylation is 1. The largest absolute Gasteiger partial charge is 0.379 e. The van der Waals surface area contributed by atoms with Crippen molar-refractivity contribution in [3.8, 4) is 0 Å². The van der Waals surface area contributed by atoms with Gasteiger partial charge in [-0.05, 0) is 35.7 Å². The van der Waals surface area contributed by atoms with Crippen LogP contribution >= 0.6 is 11.3 Å². The highest BCUT2D eigenvalue weighted by Crippen LogP contribution is 2.15. The number of nitrogens with one attached hydrogen (secondary N) is 2. The predicted molar refractivity (Wildman–Crippen MR) is 119 cm³/mol. The lowest BCUT2D eigenvalue weighted by molar-refractivity contribution is -0.118. The molecule has 1 fully saturated rings. The van der Waals surface area contributed by atoms with Gasteiger partial charge in [0.15, 0.2) is 0 Å². The fourth-order valence-electron chi connectivity index (χ4n) is 3.30. The number of amides is 2. The Morgan fingerprint density at radius 2 is 1.71 bits per heavy atom. The van der Waals surface area contributed by atoms with E-state index in [1.165, 1.54) is 22.2 Å². The van der Waals surface area contributed by atoms with Crippen molar-refractivity contribution in [2.24, 2.45) is 0 Å². The lowest BCUT2D eigenvalue weighted by atomic mass is 10.2. The molecule has 0 aliphatic carbocycles. The number of ether oxygens (including phenoxy) is 1. The third-order valence-electron chi connectivity index (χ3n) is 4.95. The van der Waals surface area contributed by atoms with Crippen molar-refractivity contribution < 1.29 is 14.3 Å².